The Morgan fingerprint density at radius 1 is 0.892 bits per heavy atom. The molecule has 0 fully saturated rings. The van der Waals surface area contributed by atoms with E-state index in [1.807, 2.05) is 37.3 Å². The number of carbonyl (C=O) groups is 2. The number of amides is 2. The molecule has 37 heavy (non-hydrogen) atoms. The van der Waals surface area contributed by atoms with Crippen molar-refractivity contribution in [1.82, 2.24) is 10.6 Å². The maximum Gasteiger partial charge on any atom is 0.338 e. The summed E-state index contributed by atoms with van der Waals surface area (Å²) in [4.78, 5) is 25.8. The predicted octanol–water partition coefficient (Wildman–Crippen LogP) is 6.30. The molecule has 7 nitrogen and oxygen atoms in total. The number of esters is 1. The van der Waals surface area contributed by atoms with E-state index in [-0.39, 0.29) is 18.8 Å². The van der Waals surface area contributed by atoms with Crippen molar-refractivity contribution in [1.29, 1.82) is 0 Å². The summed E-state index contributed by atoms with van der Waals surface area (Å²) in [5.41, 5.74) is 2.64. The molecule has 0 bridgehead atoms. The fraction of sp³-hybridized carbons (Fsp3) is 0.214. The van der Waals surface area contributed by atoms with Gasteiger partial charge in [0.15, 0.2) is 11.5 Å². The lowest BCUT2D eigenvalue weighted by Gasteiger charge is -2.30. The molecule has 0 radical (unpaired) electrons. The van der Waals surface area contributed by atoms with Crippen molar-refractivity contribution in [2.75, 3.05) is 13.2 Å². The van der Waals surface area contributed by atoms with Crippen LogP contribution in [0.4, 0.5) is 4.79 Å². The van der Waals surface area contributed by atoms with Crippen molar-refractivity contribution in [3.8, 4) is 11.5 Å². The van der Waals surface area contributed by atoms with Gasteiger partial charge in [-0.15, -0.1) is 0 Å². The van der Waals surface area contributed by atoms with Crippen LogP contribution in [-0.4, -0.2) is 25.2 Å². The molecule has 0 saturated carbocycles. The lowest BCUT2D eigenvalue weighted by Crippen LogP contribution is -2.45. The van der Waals surface area contributed by atoms with Gasteiger partial charge in [-0.3, -0.25) is 0 Å². The molecule has 1 heterocycles. The van der Waals surface area contributed by atoms with Crippen LogP contribution in [0.1, 0.15) is 36.6 Å². The highest BCUT2D eigenvalue weighted by molar-refractivity contribution is 6.35. The number of benzene rings is 3. The average molecular weight is 541 g/mol. The quantitative estimate of drug-likeness (QED) is 0.311. The maximum atomic E-state index is 13.1. The Morgan fingerprint density at radius 2 is 1.62 bits per heavy atom. The van der Waals surface area contributed by atoms with Crippen molar-refractivity contribution < 1.29 is 23.8 Å². The molecule has 0 aromatic heterocycles. The second-order valence-electron chi connectivity index (χ2n) is 8.03. The minimum Gasteiger partial charge on any atom is -0.490 e. The van der Waals surface area contributed by atoms with Gasteiger partial charge in [0.05, 0.1) is 30.5 Å². The smallest absolute Gasteiger partial charge is 0.338 e. The summed E-state index contributed by atoms with van der Waals surface area (Å²) in [6.07, 6.45) is 0. The van der Waals surface area contributed by atoms with Gasteiger partial charge in [0.1, 0.15) is 6.61 Å². The van der Waals surface area contributed by atoms with Gasteiger partial charge >= 0.3 is 12.0 Å². The summed E-state index contributed by atoms with van der Waals surface area (Å²) in [7, 11) is 0. The molecule has 0 unspecified atom stereocenters. The first-order chi connectivity index (χ1) is 17.9. The van der Waals surface area contributed by atoms with Crippen LogP contribution >= 0.6 is 23.2 Å². The van der Waals surface area contributed by atoms with Gasteiger partial charge in [-0.2, -0.15) is 0 Å². The van der Waals surface area contributed by atoms with Crippen molar-refractivity contribution in [3.05, 3.63) is 99.0 Å². The Labute approximate surface area is 225 Å². The topological polar surface area (TPSA) is 85.9 Å². The van der Waals surface area contributed by atoms with Gasteiger partial charge in [0.2, 0.25) is 0 Å². The van der Waals surface area contributed by atoms with Gasteiger partial charge in [-0.25, -0.2) is 9.59 Å². The molecule has 1 aliphatic rings. The molecule has 0 saturated heterocycles. The van der Waals surface area contributed by atoms with Crippen LogP contribution in [0.2, 0.25) is 10.0 Å². The SMILES string of the molecule is CCOC(=O)C1=C(c2ccccc2)NC(=O)N[C@H]1c1ccc(OCc2c(Cl)cccc2Cl)c(OCC)c1. The number of halogens is 2. The number of nitrogens with one attached hydrogen (secondary N) is 2. The predicted molar refractivity (Wildman–Crippen MR) is 143 cm³/mol. The third-order valence-corrected chi connectivity index (χ3v) is 6.37. The summed E-state index contributed by atoms with van der Waals surface area (Å²) in [5.74, 6) is 0.373. The van der Waals surface area contributed by atoms with Crippen LogP contribution in [-0.2, 0) is 16.1 Å². The second kappa shape index (κ2) is 12.0. The lowest BCUT2D eigenvalue weighted by atomic mass is 9.92. The van der Waals surface area contributed by atoms with Crippen LogP contribution in [0.3, 0.4) is 0 Å². The molecule has 2 amide bonds. The second-order valence-corrected chi connectivity index (χ2v) is 8.85. The summed E-state index contributed by atoms with van der Waals surface area (Å²) in [5, 5.41) is 6.61. The van der Waals surface area contributed by atoms with Crippen LogP contribution in [0.25, 0.3) is 5.70 Å². The van der Waals surface area contributed by atoms with Gasteiger partial charge < -0.3 is 24.8 Å². The molecule has 1 atom stereocenters. The van der Waals surface area contributed by atoms with Crippen LogP contribution in [0.5, 0.6) is 11.5 Å². The van der Waals surface area contributed by atoms with Gasteiger partial charge in [0.25, 0.3) is 0 Å². The molecular formula is C28H26Cl2N2O5. The van der Waals surface area contributed by atoms with E-state index in [4.69, 9.17) is 37.4 Å². The highest BCUT2D eigenvalue weighted by Gasteiger charge is 2.34. The zero-order valence-corrected chi connectivity index (χ0v) is 21.9. The van der Waals surface area contributed by atoms with Crippen molar-refractivity contribution in [2.45, 2.75) is 26.5 Å². The summed E-state index contributed by atoms with van der Waals surface area (Å²) < 4.78 is 17.2. The number of ether oxygens (including phenoxy) is 3. The first kappa shape index (κ1) is 26.4. The Hall–Kier alpha value is -3.68. The molecule has 0 spiro atoms. The van der Waals surface area contributed by atoms with Gasteiger partial charge in [-0.05, 0) is 49.2 Å². The van der Waals surface area contributed by atoms with E-state index < -0.39 is 18.0 Å². The van der Waals surface area contributed by atoms with E-state index in [1.165, 1.54) is 0 Å². The van der Waals surface area contributed by atoms with E-state index in [2.05, 4.69) is 10.6 Å². The average Bonchev–Trinajstić information content (AvgIpc) is 2.89. The highest BCUT2D eigenvalue weighted by atomic mass is 35.5. The minimum atomic E-state index is -0.783. The molecule has 3 aromatic carbocycles. The summed E-state index contributed by atoms with van der Waals surface area (Å²) in [6, 6.07) is 18.4. The third kappa shape index (κ3) is 6.01. The van der Waals surface area contributed by atoms with Gasteiger partial charge in [0, 0.05) is 15.6 Å². The molecule has 9 heteroatoms. The Bertz CT molecular complexity index is 1310. The molecule has 192 valence electrons. The molecular weight excluding hydrogens is 515 g/mol. The zero-order valence-electron chi connectivity index (χ0n) is 20.3. The molecule has 4 rings (SSSR count). The first-order valence-electron chi connectivity index (χ1n) is 11.8. The third-order valence-electron chi connectivity index (χ3n) is 5.66. The number of hydrogen-bond acceptors (Lipinski definition) is 5. The van der Waals surface area contributed by atoms with Crippen molar-refractivity contribution in [3.63, 3.8) is 0 Å². The van der Waals surface area contributed by atoms with Crippen LogP contribution in [0, 0.1) is 0 Å². The fourth-order valence-corrected chi connectivity index (χ4v) is 4.49. The Balaban J connectivity index is 1.73. The number of carbonyl (C=O) groups excluding carboxylic acids is 2. The summed E-state index contributed by atoms with van der Waals surface area (Å²) >= 11 is 12.6. The lowest BCUT2D eigenvalue weighted by molar-refractivity contribution is -0.138. The van der Waals surface area contributed by atoms with E-state index >= 15 is 0 Å². The van der Waals surface area contributed by atoms with Crippen molar-refractivity contribution in [2.24, 2.45) is 0 Å². The van der Waals surface area contributed by atoms with E-state index in [0.29, 0.717) is 50.5 Å². The largest absolute Gasteiger partial charge is 0.490 e. The standard InChI is InChI=1S/C28H26Cl2N2O5/c1-3-35-23-15-18(13-14-22(23)37-16-19-20(29)11-8-12-21(19)30)26-24(27(33)36-4-2)25(31-28(34)32-26)17-9-6-5-7-10-17/h5-15,26H,3-4,16H2,1-2H3,(H2,31,32,34)/t26-/m0/s1. The number of hydrogen-bond donors (Lipinski definition) is 2. The first-order valence-corrected chi connectivity index (χ1v) is 12.5. The van der Waals surface area contributed by atoms with E-state index in [1.54, 1.807) is 43.3 Å². The molecule has 3 aromatic rings. The highest BCUT2D eigenvalue weighted by Crippen LogP contribution is 2.37. The normalized spacial score (nSPS) is 15.0. The van der Waals surface area contributed by atoms with Crippen LogP contribution < -0.4 is 20.1 Å². The molecule has 1 aliphatic heterocycles. The van der Waals surface area contributed by atoms with E-state index in [0.717, 1.165) is 0 Å². The van der Waals surface area contributed by atoms with Crippen LogP contribution in [0.15, 0.2) is 72.3 Å². The maximum absolute atomic E-state index is 13.1. The molecule has 0 aliphatic carbocycles. The molecule has 2 N–H and O–H groups in total. The Kier molecular flexibility index (Phi) is 8.58. The van der Waals surface area contributed by atoms with E-state index in [9.17, 15) is 9.59 Å². The number of urea groups is 1. The fourth-order valence-electron chi connectivity index (χ4n) is 3.99. The van der Waals surface area contributed by atoms with Crippen molar-refractivity contribution >= 4 is 40.9 Å². The Morgan fingerprint density at radius 3 is 2.30 bits per heavy atom. The minimum absolute atomic E-state index is 0.133. The van der Waals surface area contributed by atoms with Gasteiger partial charge in [-0.1, -0.05) is 65.7 Å². The zero-order chi connectivity index (χ0) is 26.4. The summed E-state index contributed by atoms with van der Waals surface area (Å²) in [6.45, 7) is 4.28. The monoisotopic (exact) mass is 540 g/mol. The number of rotatable bonds is 9.